The summed E-state index contributed by atoms with van der Waals surface area (Å²) in [7, 11) is 0. The molecule has 3 nitrogen and oxygen atoms in total. The molecule has 3 heteroatoms. The molecule has 0 atom stereocenters. The van der Waals surface area contributed by atoms with E-state index in [4.69, 9.17) is 4.98 Å². The number of para-hydroxylation sites is 2. The monoisotopic (exact) mass is 249 g/mol. The topological polar surface area (TPSA) is 30.7 Å². The summed E-state index contributed by atoms with van der Waals surface area (Å²) in [6.45, 7) is 0.813. The third kappa shape index (κ3) is 1.91. The van der Waals surface area contributed by atoms with E-state index >= 15 is 0 Å². The average Bonchev–Trinajstić information content (AvgIpc) is 3.24. The Hall–Kier alpha value is -2.16. The molecule has 1 fully saturated rings. The van der Waals surface area contributed by atoms with Crippen LogP contribution in [0.1, 0.15) is 30.3 Å². The molecular formula is C16H15N3. The van der Waals surface area contributed by atoms with Crippen LogP contribution in [0, 0.1) is 0 Å². The third-order valence-electron chi connectivity index (χ3n) is 3.67. The Balaban J connectivity index is 1.84. The van der Waals surface area contributed by atoms with Crippen molar-refractivity contribution in [1.82, 2.24) is 14.5 Å². The lowest BCUT2D eigenvalue weighted by Gasteiger charge is -2.08. The fourth-order valence-corrected chi connectivity index (χ4v) is 2.57. The van der Waals surface area contributed by atoms with Gasteiger partial charge in [0.25, 0.3) is 0 Å². The second kappa shape index (κ2) is 4.19. The largest absolute Gasteiger partial charge is 0.322 e. The minimum absolute atomic E-state index is 0.649. The highest BCUT2D eigenvalue weighted by atomic mass is 15.1. The van der Waals surface area contributed by atoms with Crippen LogP contribution in [0.2, 0.25) is 0 Å². The number of imidazole rings is 1. The first-order valence-electron chi connectivity index (χ1n) is 6.77. The van der Waals surface area contributed by atoms with Gasteiger partial charge in [0.2, 0.25) is 0 Å². The van der Waals surface area contributed by atoms with Crippen molar-refractivity contribution in [2.24, 2.45) is 0 Å². The van der Waals surface area contributed by atoms with E-state index in [0.717, 1.165) is 17.8 Å². The quantitative estimate of drug-likeness (QED) is 0.712. The number of fused-ring (bicyclic) bond motifs is 1. The standard InChI is InChI=1S/C16H15N3/c1-2-7-15-14(6-1)18-16(12-8-9-12)19(15)11-13-5-3-4-10-17-13/h1-7,10,12H,8-9,11H2. The molecule has 2 aromatic heterocycles. The number of pyridine rings is 1. The number of benzene rings is 1. The fraction of sp³-hybridized carbons (Fsp3) is 0.250. The third-order valence-corrected chi connectivity index (χ3v) is 3.67. The van der Waals surface area contributed by atoms with Gasteiger partial charge in [-0.3, -0.25) is 4.98 Å². The van der Waals surface area contributed by atoms with E-state index in [0.29, 0.717) is 5.92 Å². The summed E-state index contributed by atoms with van der Waals surface area (Å²) in [5.41, 5.74) is 3.41. The number of rotatable bonds is 3. The Morgan fingerprint density at radius 2 is 1.89 bits per heavy atom. The van der Waals surface area contributed by atoms with Crippen LogP contribution < -0.4 is 0 Å². The molecule has 0 bridgehead atoms. The highest BCUT2D eigenvalue weighted by Gasteiger charge is 2.29. The van der Waals surface area contributed by atoms with Gasteiger partial charge >= 0.3 is 0 Å². The van der Waals surface area contributed by atoms with Crippen LogP contribution in [0.25, 0.3) is 11.0 Å². The molecule has 2 heterocycles. The molecular weight excluding hydrogens is 234 g/mol. The van der Waals surface area contributed by atoms with Crippen molar-refractivity contribution < 1.29 is 0 Å². The maximum Gasteiger partial charge on any atom is 0.113 e. The summed E-state index contributed by atoms with van der Waals surface area (Å²) in [5.74, 6) is 1.88. The molecule has 1 aliphatic rings. The van der Waals surface area contributed by atoms with Gasteiger partial charge in [0.05, 0.1) is 23.3 Å². The van der Waals surface area contributed by atoms with Gasteiger partial charge in [-0.2, -0.15) is 0 Å². The number of nitrogens with zero attached hydrogens (tertiary/aromatic N) is 3. The van der Waals surface area contributed by atoms with Gasteiger partial charge in [-0.05, 0) is 37.1 Å². The molecule has 0 unspecified atom stereocenters. The Labute approximate surface area is 111 Å². The van der Waals surface area contributed by atoms with Gasteiger partial charge in [0, 0.05) is 12.1 Å². The average molecular weight is 249 g/mol. The molecule has 0 spiro atoms. The van der Waals surface area contributed by atoms with Crippen molar-refractivity contribution >= 4 is 11.0 Å². The van der Waals surface area contributed by atoms with Crippen LogP contribution in [0.4, 0.5) is 0 Å². The van der Waals surface area contributed by atoms with E-state index in [1.54, 1.807) is 0 Å². The summed E-state index contributed by atoms with van der Waals surface area (Å²) >= 11 is 0. The Morgan fingerprint density at radius 1 is 1.05 bits per heavy atom. The molecule has 0 radical (unpaired) electrons. The summed E-state index contributed by atoms with van der Waals surface area (Å²) in [5, 5.41) is 0. The van der Waals surface area contributed by atoms with E-state index in [-0.39, 0.29) is 0 Å². The molecule has 3 aromatic rings. The van der Waals surface area contributed by atoms with Crippen LogP contribution in [0.3, 0.4) is 0 Å². The van der Waals surface area contributed by atoms with Crippen LogP contribution in [-0.2, 0) is 6.54 Å². The second-order valence-corrected chi connectivity index (χ2v) is 5.14. The van der Waals surface area contributed by atoms with E-state index in [2.05, 4.69) is 39.9 Å². The Bertz CT molecular complexity index is 711. The summed E-state index contributed by atoms with van der Waals surface area (Å²) in [6, 6.07) is 14.4. The highest BCUT2D eigenvalue weighted by Crippen LogP contribution is 2.40. The van der Waals surface area contributed by atoms with Crippen molar-refractivity contribution in [3.8, 4) is 0 Å². The smallest absolute Gasteiger partial charge is 0.113 e. The molecule has 0 saturated heterocycles. The molecule has 1 aliphatic carbocycles. The van der Waals surface area contributed by atoms with Gasteiger partial charge in [0.1, 0.15) is 5.82 Å². The molecule has 94 valence electrons. The Morgan fingerprint density at radius 3 is 2.68 bits per heavy atom. The minimum Gasteiger partial charge on any atom is -0.322 e. The van der Waals surface area contributed by atoms with Gasteiger partial charge < -0.3 is 4.57 Å². The second-order valence-electron chi connectivity index (χ2n) is 5.14. The van der Waals surface area contributed by atoms with Gasteiger partial charge in [0.15, 0.2) is 0 Å². The SMILES string of the molecule is c1ccc(Cn2c(C3CC3)nc3ccccc32)nc1. The maximum absolute atomic E-state index is 4.81. The first kappa shape index (κ1) is 10.7. The van der Waals surface area contributed by atoms with Crippen LogP contribution >= 0.6 is 0 Å². The zero-order valence-electron chi connectivity index (χ0n) is 10.7. The van der Waals surface area contributed by atoms with Crippen LogP contribution in [0.15, 0.2) is 48.7 Å². The first-order valence-corrected chi connectivity index (χ1v) is 6.77. The highest BCUT2D eigenvalue weighted by molar-refractivity contribution is 5.76. The van der Waals surface area contributed by atoms with Crippen LogP contribution in [0.5, 0.6) is 0 Å². The van der Waals surface area contributed by atoms with Crippen molar-refractivity contribution in [3.63, 3.8) is 0 Å². The normalized spacial score (nSPS) is 14.9. The lowest BCUT2D eigenvalue weighted by Crippen LogP contribution is -2.05. The van der Waals surface area contributed by atoms with Crippen molar-refractivity contribution in [2.75, 3.05) is 0 Å². The molecule has 0 aliphatic heterocycles. The van der Waals surface area contributed by atoms with E-state index in [9.17, 15) is 0 Å². The lowest BCUT2D eigenvalue weighted by atomic mass is 10.3. The number of aromatic nitrogens is 3. The van der Waals surface area contributed by atoms with Crippen molar-refractivity contribution in [3.05, 3.63) is 60.2 Å². The molecule has 0 N–H and O–H groups in total. The first-order chi connectivity index (χ1) is 9.42. The minimum atomic E-state index is 0.649. The summed E-state index contributed by atoms with van der Waals surface area (Å²) in [4.78, 5) is 9.24. The van der Waals surface area contributed by atoms with E-state index in [1.165, 1.54) is 24.2 Å². The van der Waals surface area contributed by atoms with Gasteiger partial charge in [-0.15, -0.1) is 0 Å². The molecule has 0 amide bonds. The fourth-order valence-electron chi connectivity index (χ4n) is 2.57. The van der Waals surface area contributed by atoms with Crippen molar-refractivity contribution in [1.29, 1.82) is 0 Å². The summed E-state index contributed by atoms with van der Waals surface area (Å²) in [6.07, 6.45) is 4.39. The zero-order chi connectivity index (χ0) is 12.7. The van der Waals surface area contributed by atoms with E-state index < -0.39 is 0 Å². The van der Waals surface area contributed by atoms with Crippen LogP contribution in [-0.4, -0.2) is 14.5 Å². The number of hydrogen-bond donors (Lipinski definition) is 0. The number of hydrogen-bond acceptors (Lipinski definition) is 2. The van der Waals surface area contributed by atoms with E-state index in [1.807, 2.05) is 18.3 Å². The lowest BCUT2D eigenvalue weighted by molar-refractivity contribution is 0.731. The summed E-state index contributed by atoms with van der Waals surface area (Å²) < 4.78 is 2.33. The Kier molecular flexibility index (Phi) is 2.37. The molecule has 1 saturated carbocycles. The molecule has 4 rings (SSSR count). The van der Waals surface area contributed by atoms with Gasteiger partial charge in [-0.1, -0.05) is 18.2 Å². The molecule has 1 aromatic carbocycles. The predicted octanol–water partition coefficient (Wildman–Crippen LogP) is 3.36. The predicted molar refractivity (Wildman–Crippen MR) is 75.0 cm³/mol. The molecule has 19 heavy (non-hydrogen) atoms. The van der Waals surface area contributed by atoms with Crippen molar-refractivity contribution in [2.45, 2.75) is 25.3 Å². The zero-order valence-corrected chi connectivity index (χ0v) is 10.7. The maximum atomic E-state index is 4.81. The van der Waals surface area contributed by atoms with Gasteiger partial charge in [-0.25, -0.2) is 4.98 Å².